The maximum Gasteiger partial charge on any atom is 0.353 e. The molecule has 10 N–H and O–H groups in total. The van der Waals surface area contributed by atoms with E-state index in [1.807, 2.05) is 0 Å². The lowest BCUT2D eigenvalue weighted by atomic mass is 9.86. The van der Waals surface area contributed by atoms with Crippen molar-refractivity contribution in [2.45, 2.75) is 108 Å². The number of nitrogens with one attached hydrogen (secondary N) is 4. The van der Waals surface area contributed by atoms with Crippen LogP contribution in [-0.2, 0) is 43.2 Å². The summed E-state index contributed by atoms with van der Waals surface area (Å²) >= 11 is 6.09. The van der Waals surface area contributed by atoms with Crippen molar-refractivity contribution in [3.63, 3.8) is 0 Å². The zero-order chi connectivity index (χ0) is 44.8. The van der Waals surface area contributed by atoms with Gasteiger partial charge in [0.25, 0.3) is 5.91 Å². The molecule has 2 heterocycles. The number of allylic oxidation sites excluding steroid dienone is 1. The fourth-order valence-electron chi connectivity index (χ4n) is 6.49. The number of halogens is 1. The predicted octanol–water partition coefficient (Wildman–Crippen LogP) is -0.781. The minimum atomic E-state index is -1.48. The van der Waals surface area contributed by atoms with Crippen molar-refractivity contribution in [1.29, 1.82) is 0 Å². The normalized spacial score (nSPS) is 17.7. The lowest BCUT2D eigenvalue weighted by molar-refractivity contribution is -0.163. The fraction of sp³-hybridized carbons (Fsp3) is 0.541. The van der Waals surface area contributed by atoms with Crippen molar-refractivity contribution in [3.05, 3.63) is 46.6 Å². The molecule has 0 radical (unpaired) electrons. The van der Waals surface area contributed by atoms with Crippen LogP contribution in [0.3, 0.4) is 0 Å². The van der Waals surface area contributed by atoms with Crippen molar-refractivity contribution in [2.24, 2.45) is 5.73 Å². The molecule has 6 atom stereocenters. The third-order valence-corrected chi connectivity index (χ3v) is 10.2. The summed E-state index contributed by atoms with van der Waals surface area (Å²) in [7, 11) is 0. The summed E-state index contributed by atoms with van der Waals surface area (Å²) in [4.78, 5) is 116. The Kier molecular flexibility index (Phi) is 18.4. The lowest BCUT2D eigenvalue weighted by Crippen LogP contribution is -2.72. The van der Waals surface area contributed by atoms with Gasteiger partial charge in [0.05, 0.1) is 12.1 Å². The second-order valence-electron chi connectivity index (χ2n) is 14.3. The molecule has 2 aliphatic heterocycles. The minimum absolute atomic E-state index is 0.0108. The number of carboxylic acids is 1. The maximum atomic E-state index is 14.1. The number of carboxylic acid groups (broad SMARTS) is 1. The van der Waals surface area contributed by atoms with E-state index >= 15 is 0 Å². The van der Waals surface area contributed by atoms with Gasteiger partial charge in [-0.1, -0.05) is 41.9 Å². The van der Waals surface area contributed by atoms with Crippen LogP contribution in [0, 0.1) is 0 Å². The van der Waals surface area contributed by atoms with Crippen molar-refractivity contribution in [1.82, 2.24) is 41.4 Å². The molecule has 0 saturated carbocycles. The molecule has 0 unspecified atom stereocenters. The van der Waals surface area contributed by atoms with E-state index in [9.17, 15) is 63.9 Å². The Hall–Kier alpha value is -5.68. The van der Waals surface area contributed by atoms with Crippen LogP contribution in [0.5, 0.6) is 0 Å². The third kappa shape index (κ3) is 13.4. The van der Waals surface area contributed by atoms with Crippen LogP contribution in [0.1, 0.15) is 83.7 Å². The first-order chi connectivity index (χ1) is 28.2. The topological polar surface area (TPSA) is 322 Å². The number of hydrogen-bond acceptors (Lipinski definition) is 13. The van der Waals surface area contributed by atoms with E-state index in [0.717, 1.165) is 25.7 Å². The number of amides is 8. The monoisotopic (exact) mass is 865 g/mol. The molecule has 330 valence electrons. The van der Waals surface area contributed by atoms with Crippen LogP contribution < -0.4 is 27.0 Å². The number of β-lactam (4-membered cyclic amide) rings is 1. The van der Waals surface area contributed by atoms with E-state index in [1.165, 1.54) is 12.1 Å². The molecule has 1 saturated heterocycles. The fourth-order valence-corrected chi connectivity index (χ4v) is 6.77. The van der Waals surface area contributed by atoms with Gasteiger partial charge >= 0.3 is 5.97 Å². The summed E-state index contributed by atoms with van der Waals surface area (Å²) in [5, 5.41) is 50.6. The number of nitrogens with two attached hydrogens (primary N) is 1. The molecule has 60 heavy (non-hydrogen) atoms. The van der Waals surface area contributed by atoms with Gasteiger partial charge in [-0.3, -0.25) is 58.9 Å². The number of hydroxylamine groups is 6. The van der Waals surface area contributed by atoms with Gasteiger partial charge in [0.2, 0.25) is 41.4 Å². The molecule has 0 spiro atoms. The van der Waals surface area contributed by atoms with E-state index < -0.39 is 89.5 Å². The Morgan fingerprint density at radius 2 is 1.22 bits per heavy atom. The molecule has 8 amide bonds. The van der Waals surface area contributed by atoms with Crippen molar-refractivity contribution < 1.29 is 63.9 Å². The van der Waals surface area contributed by atoms with E-state index in [0.29, 0.717) is 15.2 Å². The van der Waals surface area contributed by atoms with Crippen LogP contribution in [0.2, 0.25) is 0 Å². The summed E-state index contributed by atoms with van der Waals surface area (Å²) in [6, 6.07) is 0.408. The van der Waals surface area contributed by atoms with Gasteiger partial charge in [-0.15, -0.1) is 0 Å². The molecular weight excluding hydrogens is 814 g/mol. The van der Waals surface area contributed by atoms with Crippen LogP contribution in [-0.4, -0.2) is 144 Å². The zero-order valence-corrected chi connectivity index (χ0v) is 34.1. The zero-order valence-electron chi connectivity index (χ0n) is 33.3. The number of benzene rings is 1. The molecule has 3 rings (SSSR count). The van der Waals surface area contributed by atoms with Crippen LogP contribution in [0.15, 0.2) is 41.1 Å². The highest BCUT2D eigenvalue weighted by Gasteiger charge is 2.53. The number of fused-ring (bicyclic) bond motifs is 1. The Morgan fingerprint density at radius 1 is 0.750 bits per heavy atom. The molecule has 1 aromatic carbocycles. The first-order valence-electron chi connectivity index (χ1n) is 19.1. The molecule has 0 aromatic heterocycles. The van der Waals surface area contributed by atoms with Crippen molar-refractivity contribution >= 4 is 64.8 Å². The average molecular weight is 866 g/mol. The van der Waals surface area contributed by atoms with E-state index in [4.69, 9.17) is 17.3 Å². The first-order valence-corrected chi connectivity index (χ1v) is 19.5. The minimum Gasteiger partial charge on any atom is -0.477 e. The lowest BCUT2D eigenvalue weighted by Gasteiger charge is -2.49. The second kappa shape index (κ2) is 22.6. The molecule has 0 aliphatic carbocycles. The number of carbonyl (C=O) groups is 9. The second-order valence-corrected chi connectivity index (χ2v) is 14.7. The van der Waals surface area contributed by atoms with Gasteiger partial charge < -0.3 is 32.1 Å². The number of carbonyl (C=O) groups excluding carboxylic acids is 8. The third-order valence-electron chi connectivity index (χ3n) is 9.86. The largest absolute Gasteiger partial charge is 0.477 e. The Labute approximate surface area is 349 Å². The van der Waals surface area contributed by atoms with Crippen molar-refractivity contribution in [3.8, 4) is 0 Å². The number of nitrogens with zero attached hydrogens (tertiary/aromatic N) is 4. The SMILES string of the molecule is CC(=O)N(O)CCC[C@H](NC(=O)[C@H](CCCN(O)C(C)=O)NC(=O)[C@@H](N)CCCN(O)C(C)=O)C(=O)N[C@@H](C(=O)N[C@@H]1C(=O)N2C(C(=O)O)=C(Cl)CC[C@H]12)c1ccccc1. The standard InChI is InChI=1S/C37H52ClN9O13/c1-20(48)44(58)17-7-12-25(39)32(51)40-26(13-8-18-45(59)21(2)49)33(52)41-27(14-9-19-46(60)22(3)50)34(53)42-29(23-10-5-4-6-11-23)35(54)43-30-28-16-15-24(38)31(37(56)57)47(28)36(30)55/h4-6,10-11,25-30,58-60H,7-9,12-19,39H2,1-3H3,(H,40,51)(H,41,52)(H,42,53)(H,43,54)(H,56,57)/t25-,26-,27-,28+,29+,30-/m0/s1. The number of rotatable bonds is 22. The van der Waals surface area contributed by atoms with Gasteiger partial charge in [0, 0.05) is 45.4 Å². The van der Waals surface area contributed by atoms with Crippen LogP contribution in [0.4, 0.5) is 0 Å². The summed E-state index contributed by atoms with van der Waals surface area (Å²) in [5.41, 5.74) is 5.91. The Bertz CT molecular complexity index is 1820. The Morgan fingerprint density at radius 3 is 1.70 bits per heavy atom. The highest BCUT2D eigenvalue weighted by molar-refractivity contribution is 6.32. The highest BCUT2D eigenvalue weighted by Crippen LogP contribution is 2.38. The van der Waals surface area contributed by atoms with Crippen LogP contribution >= 0.6 is 11.6 Å². The molecule has 1 aromatic rings. The van der Waals surface area contributed by atoms with Gasteiger partial charge in [-0.25, -0.2) is 20.0 Å². The quantitative estimate of drug-likeness (QED) is 0.0393. The smallest absolute Gasteiger partial charge is 0.353 e. The predicted molar refractivity (Wildman–Crippen MR) is 207 cm³/mol. The van der Waals surface area contributed by atoms with Crippen LogP contribution in [0.25, 0.3) is 0 Å². The van der Waals surface area contributed by atoms with E-state index in [1.54, 1.807) is 18.2 Å². The molecule has 23 heteroatoms. The highest BCUT2D eigenvalue weighted by atomic mass is 35.5. The van der Waals surface area contributed by atoms with Crippen molar-refractivity contribution in [2.75, 3.05) is 19.6 Å². The van der Waals surface area contributed by atoms with E-state index in [2.05, 4.69) is 21.3 Å². The average Bonchev–Trinajstić information content (AvgIpc) is 3.20. The first kappa shape index (κ1) is 48.7. The summed E-state index contributed by atoms with van der Waals surface area (Å²) < 4.78 is 0. The molecule has 0 bridgehead atoms. The Balaban J connectivity index is 1.86. The van der Waals surface area contributed by atoms with Gasteiger partial charge in [-0.05, 0) is 56.9 Å². The summed E-state index contributed by atoms with van der Waals surface area (Å²) in [6.07, 6.45) is -0.00279. The summed E-state index contributed by atoms with van der Waals surface area (Å²) in [6.45, 7) is 2.71. The molecule has 2 aliphatic rings. The molecule has 22 nitrogen and oxygen atoms in total. The van der Waals surface area contributed by atoms with E-state index in [-0.39, 0.29) is 87.3 Å². The number of aliphatic carboxylic acids is 1. The molecular formula is C37H52ClN9O13. The summed E-state index contributed by atoms with van der Waals surface area (Å²) in [5.74, 6) is -7.67. The molecule has 1 fully saturated rings. The van der Waals surface area contributed by atoms with Gasteiger partial charge in [-0.2, -0.15) is 0 Å². The van der Waals surface area contributed by atoms with Gasteiger partial charge in [0.15, 0.2) is 0 Å². The van der Waals surface area contributed by atoms with Gasteiger partial charge in [0.1, 0.15) is 29.9 Å². The number of hydrogen-bond donors (Lipinski definition) is 9. The maximum absolute atomic E-state index is 14.1.